The molecule has 0 spiro atoms. The van der Waals surface area contributed by atoms with Gasteiger partial charge in [0.2, 0.25) is 0 Å². The van der Waals surface area contributed by atoms with E-state index in [4.69, 9.17) is 10.5 Å². The Morgan fingerprint density at radius 2 is 2.14 bits per heavy atom. The molecule has 0 bridgehead atoms. The zero-order chi connectivity index (χ0) is 10.6. The van der Waals surface area contributed by atoms with Crippen molar-refractivity contribution >= 4 is 11.3 Å². The van der Waals surface area contributed by atoms with Gasteiger partial charge in [-0.3, -0.25) is 0 Å². The molecule has 2 N–H and O–H groups in total. The Hall–Kier alpha value is -0.520. The highest BCUT2D eigenvalue weighted by Crippen LogP contribution is 2.18. The summed E-state index contributed by atoms with van der Waals surface area (Å²) < 4.78 is 5.06. The van der Waals surface area contributed by atoms with Gasteiger partial charge in [-0.05, 0) is 12.8 Å². The molecule has 0 saturated carbocycles. The summed E-state index contributed by atoms with van der Waals surface area (Å²) in [5, 5.41) is 10.1. The standard InChI is InChI=1S/C9H17N3OS/c1-6(5-13-3)4-8-11-12-9(14-8)7(2)10/h6-7H,4-5,10H2,1-3H3. The Kier molecular flexibility index (Phi) is 4.44. The zero-order valence-corrected chi connectivity index (χ0v) is 9.67. The van der Waals surface area contributed by atoms with Crippen LogP contribution in [0, 0.1) is 5.92 Å². The fourth-order valence-corrected chi connectivity index (χ4v) is 2.13. The van der Waals surface area contributed by atoms with Gasteiger partial charge in [0.05, 0.1) is 6.04 Å². The number of methoxy groups -OCH3 is 1. The molecule has 0 aromatic carbocycles. The van der Waals surface area contributed by atoms with Gasteiger partial charge in [-0.2, -0.15) is 0 Å². The van der Waals surface area contributed by atoms with Crippen molar-refractivity contribution < 1.29 is 4.74 Å². The Labute approximate surface area is 88.5 Å². The highest BCUT2D eigenvalue weighted by atomic mass is 32.1. The molecule has 14 heavy (non-hydrogen) atoms. The van der Waals surface area contributed by atoms with Gasteiger partial charge in [0.25, 0.3) is 0 Å². The maximum Gasteiger partial charge on any atom is 0.133 e. The average molecular weight is 215 g/mol. The quantitative estimate of drug-likeness (QED) is 0.806. The van der Waals surface area contributed by atoms with Crippen LogP contribution >= 0.6 is 11.3 Å². The summed E-state index contributed by atoms with van der Waals surface area (Å²) in [4.78, 5) is 0. The van der Waals surface area contributed by atoms with Crippen LogP contribution in [0.25, 0.3) is 0 Å². The lowest BCUT2D eigenvalue weighted by molar-refractivity contribution is 0.159. The SMILES string of the molecule is COCC(C)Cc1nnc(C(C)N)s1. The predicted octanol–water partition coefficient (Wildman–Crippen LogP) is 1.38. The summed E-state index contributed by atoms with van der Waals surface area (Å²) in [6.07, 6.45) is 0.915. The van der Waals surface area contributed by atoms with Crippen molar-refractivity contribution in [2.75, 3.05) is 13.7 Å². The van der Waals surface area contributed by atoms with Crippen LogP contribution in [-0.2, 0) is 11.2 Å². The topological polar surface area (TPSA) is 61.0 Å². The van der Waals surface area contributed by atoms with Gasteiger partial charge in [0, 0.05) is 20.1 Å². The Balaban J connectivity index is 2.51. The van der Waals surface area contributed by atoms with Gasteiger partial charge in [-0.15, -0.1) is 10.2 Å². The van der Waals surface area contributed by atoms with E-state index in [1.807, 2.05) is 6.92 Å². The largest absolute Gasteiger partial charge is 0.384 e. The Bertz CT molecular complexity index is 275. The number of hydrogen-bond donors (Lipinski definition) is 1. The summed E-state index contributed by atoms with van der Waals surface area (Å²) in [5.41, 5.74) is 5.70. The molecule has 0 fully saturated rings. The van der Waals surface area contributed by atoms with Crippen molar-refractivity contribution in [3.05, 3.63) is 10.0 Å². The molecule has 0 amide bonds. The minimum atomic E-state index is -0.0148. The third kappa shape index (κ3) is 3.32. The van der Waals surface area contributed by atoms with E-state index in [0.717, 1.165) is 23.0 Å². The zero-order valence-electron chi connectivity index (χ0n) is 8.86. The summed E-state index contributed by atoms with van der Waals surface area (Å²) in [7, 11) is 1.71. The van der Waals surface area contributed by atoms with Gasteiger partial charge in [0.15, 0.2) is 0 Å². The van der Waals surface area contributed by atoms with E-state index in [2.05, 4.69) is 17.1 Å². The number of ether oxygens (including phenoxy) is 1. The summed E-state index contributed by atoms with van der Waals surface area (Å²) in [6.45, 7) is 4.81. The third-order valence-electron chi connectivity index (χ3n) is 1.85. The molecule has 1 aromatic heterocycles. The highest BCUT2D eigenvalue weighted by Gasteiger charge is 2.10. The van der Waals surface area contributed by atoms with Crippen LogP contribution in [-0.4, -0.2) is 23.9 Å². The normalized spacial score (nSPS) is 15.4. The summed E-state index contributed by atoms with van der Waals surface area (Å²) >= 11 is 1.59. The first-order chi connectivity index (χ1) is 6.63. The van der Waals surface area contributed by atoms with Crippen molar-refractivity contribution in [1.82, 2.24) is 10.2 Å². The second-order valence-corrected chi connectivity index (χ2v) is 4.68. The van der Waals surface area contributed by atoms with Crippen molar-refractivity contribution in [3.63, 3.8) is 0 Å². The van der Waals surface area contributed by atoms with E-state index in [9.17, 15) is 0 Å². The van der Waals surface area contributed by atoms with Gasteiger partial charge in [0.1, 0.15) is 10.0 Å². The van der Waals surface area contributed by atoms with Gasteiger partial charge < -0.3 is 10.5 Å². The fraction of sp³-hybridized carbons (Fsp3) is 0.778. The van der Waals surface area contributed by atoms with Crippen LogP contribution in [0.2, 0.25) is 0 Å². The predicted molar refractivity (Wildman–Crippen MR) is 57.3 cm³/mol. The molecule has 2 unspecified atom stereocenters. The molecular weight excluding hydrogens is 198 g/mol. The maximum absolute atomic E-state index is 5.70. The van der Waals surface area contributed by atoms with E-state index < -0.39 is 0 Å². The lowest BCUT2D eigenvalue weighted by Crippen LogP contribution is -2.06. The molecule has 0 saturated heterocycles. The van der Waals surface area contributed by atoms with Crippen LogP contribution in [0.15, 0.2) is 0 Å². The molecule has 0 radical (unpaired) electrons. The molecular formula is C9H17N3OS. The van der Waals surface area contributed by atoms with E-state index in [1.54, 1.807) is 18.4 Å². The summed E-state index contributed by atoms with van der Waals surface area (Å²) in [6, 6.07) is -0.0148. The number of rotatable bonds is 5. The van der Waals surface area contributed by atoms with Crippen molar-refractivity contribution in [3.8, 4) is 0 Å². The molecule has 0 aliphatic rings. The van der Waals surface area contributed by atoms with E-state index >= 15 is 0 Å². The monoisotopic (exact) mass is 215 g/mol. The fourth-order valence-electron chi connectivity index (χ4n) is 1.17. The lowest BCUT2D eigenvalue weighted by Gasteiger charge is -2.06. The molecule has 1 heterocycles. The second kappa shape index (κ2) is 5.38. The Morgan fingerprint density at radius 1 is 1.43 bits per heavy atom. The molecule has 1 rings (SSSR count). The highest BCUT2D eigenvalue weighted by molar-refractivity contribution is 7.11. The van der Waals surface area contributed by atoms with Crippen molar-refractivity contribution in [1.29, 1.82) is 0 Å². The lowest BCUT2D eigenvalue weighted by atomic mass is 10.1. The molecule has 4 nitrogen and oxygen atoms in total. The molecule has 1 aromatic rings. The minimum absolute atomic E-state index is 0.0148. The van der Waals surface area contributed by atoms with Crippen LogP contribution in [0.4, 0.5) is 0 Å². The first-order valence-electron chi connectivity index (χ1n) is 4.70. The Morgan fingerprint density at radius 3 is 2.64 bits per heavy atom. The van der Waals surface area contributed by atoms with E-state index in [-0.39, 0.29) is 6.04 Å². The average Bonchev–Trinajstić information content (AvgIpc) is 2.53. The van der Waals surface area contributed by atoms with Crippen LogP contribution in [0.5, 0.6) is 0 Å². The van der Waals surface area contributed by atoms with E-state index in [1.165, 1.54) is 0 Å². The van der Waals surface area contributed by atoms with Crippen molar-refractivity contribution in [2.45, 2.75) is 26.3 Å². The number of aromatic nitrogens is 2. The molecule has 0 aliphatic carbocycles. The summed E-state index contributed by atoms with van der Waals surface area (Å²) in [5.74, 6) is 0.480. The minimum Gasteiger partial charge on any atom is -0.384 e. The second-order valence-electron chi connectivity index (χ2n) is 3.59. The van der Waals surface area contributed by atoms with Gasteiger partial charge in [-0.25, -0.2) is 0 Å². The van der Waals surface area contributed by atoms with Crippen LogP contribution in [0.3, 0.4) is 0 Å². The smallest absolute Gasteiger partial charge is 0.133 e. The number of hydrogen-bond acceptors (Lipinski definition) is 5. The molecule has 5 heteroatoms. The first-order valence-corrected chi connectivity index (χ1v) is 5.52. The number of nitrogens with two attached hydrogens (primary N) is 1. The number of nitrogens with zero attached hydrogens (tertiary/aromatic N) is 2. The van der Waals surface area contributed by atoms with Crippen LogP contribution in [0.1, 0.15) is 29.9 Å². The van der Waals surface area contributed by atoms with Gasteiger partial charge >= 0.3 is 0 Å². The molecule has 0 aliphatic heterocycles. The van der Waals surface area contributed by atoms with Gasteiger partial charge in [-0.1, -0.05) is 18.3 Å². The third-order valence-corrected chi connectivity index (χ3v) is 2.99. The first kappa shape index (κ1) is 11.6. The van der Waals surface area contributed by atoms with E-state index in [0.29, 0.717) is 5.92 Å². The van der Waals surface area contributed by atoms with Crippen molar-refractivity contribution in [2.24, 2.45) is 11.7 Å². The maximum atomic E-state index is 5.70. The van der Waals surface area contributed by atoms with Crippen LogP contribution < -0.4 is 5.73 Å². The molecule has 80 valence electrons. The molecule has 2 atom stereocenters.